The van der Waals surface area contributed by atoms with Gasteiger partial charge in [-0.25, -0.2) is 0 Å². The first-order valence-corrected chi connectivity index (χ1v) is 7.33. The van der Waals surface area contributed by atoms with Crippen molar-refractivity contribution >= 4 is 10.1 Å². The molecule has 1 rings (SSSR count). The van der Waals surface area contributed by atoms with Crippen molar-refractivity contribution in [3.63, 3.8) is 0 Å². The predicted molar refractivity (Wildman–Crippen MR) is 68.4 cm³/mol. The van der Waals surface area contributed by atoms with Crippen molar-refractivity contribution in [1.29, 1.82) is 0 Å². The summed E-state index contributed by atoms with van der Waals surface area (Å²) in [5.41, 5.74) is 1.06. The molecule has 0 aliphatic heterocycles. The van der Waals surface area contributed by atoms with Gasteiger partial charge in [0.15, 0.2) is 0 Å². The van der Waals surface area contributed by atoms with Crippen LogP contribution in [0, 0.1) is 0 Å². The van der Waals surface area contributed by atoms with Crippen LogP contribution in [0.25, 0.3) is 0 Å². The highest BCUT2D eigenvalue weighted by Gasteiger charge is 2.21. The van der Waals surface area contributed by atoms with E-state index in [-0.39, 0.29) is 6.04 Å². The van der Waals surface area contributed by atoms with Crippen LogP contribution in [-0.2, 0) is 20.7 Å². The fraction of sp³-hybridized carbons (Fsp3) is 0.500. The molecule has 0 aliphatic carbocycles. The van der Waals surface area contributed by atoms with Crippen LogP contribution in [0.15, 0.2) is 30.3 Å². The van der Waals surface area contributed by atoms with E-state index >= 15 is 0 Å². The molecule has 0 amide bonds. The van der Waals surface area contributed by atoms with Gasteiger partial charge in [0.1, 0.15) is 0 Å². The largest absolute Gasteiger partial charge is 0.315 e. The molecule has 1 aromatic rings. The lowest BCUT2D eigenvalue weighted by atomic mass is 10.0. The average molecular weight is 257 g/mol. The van der Waals surface area contributed by atoms with Crippen LogP contribution in [0.5, 0.6) is 0 Å². The summed E-state index contributed by atoms with van der Waals surface area (Å²) in [7, 11) is -1.65. The molecule has 5 heteroatoms. The van der Waals surface area contributed by atoms with Crippen molar-refractivity contribution in [2.24, 2.45) is 0 Å². The summed E-state index contributed by atoms with van der Waals surface area (Å²) in [5.74, 6) is 0. The molecule has 1 N–H and O–H groups in total. The Labute approximate surface area is 103 Å². The lowest BCUT2D eigenvalue weighted by Crippen LogP contribution is -2.39. The fourth-order valence-corrected chi connectivity index (χ4v) is 2.23. The number of hydrogen-bond acceptors (Lipinski definition) is 4. The summed E-state index contributed by atoms with van der Waals surface area (Å²) in [6.45, 7) is 1.90. The molecule has 17 heavy (non-hydrogen) atoms. The third kappa shape index (κ3) is 5.30. The molecule has 96 valence electrons. The Bertz CT molecular complexity index is 430. The molecule has 0 aliphatic rings. The Hall–Kier alpha value is -0.910. The van der Waals surface area contributed by atoms with Gasteiger partial charge >= 0.3 is 0 Å². The van der Waals surface area contributed by atoms with Gasteiger partial charge < -0.3 is 5.32 Å². The van der Waals surface area contributed by atoms with Gasteiger partial charge in [0, 0.05) is 12.5 Å². The molecule has 0 aromatic heterocycles. The second kappa shape index (κ2) is 6.14. The summed E-state index contributed by atoms with van der Waals surface area (Å²) in [6.07, 6.45) is 1.25. The van der Waals surface area contributed by atoms with Crippen LogP contribution in [0.2, 0.25) is 0 Å². The lowest BCUT2D eigenvalue weighted by molar-refractivity contribution is 0.173. The van der Waals surface area contributed by atoms with Crippen molar-refractivity contribution in [1.82, 2.24) is 5.32 Å². The smallest absolute Gasteiger partial charge is 0.264 e. The highest BCUT2D eigenvalue weighted by atomic mass is 32.2. The third-order valence-corrected chi connectivity index (χ3v) is 3.19. The Kier molecular flexibility index (Phi) is 5.11. The van der Waals surface area contributed by atoms with Gasteiger partial charge in [-0.2, -0.15) is 8.42 Å². The summed E-state index contributed by atoms with van der Waals surface area (Å²) in [6, 6.07) is 9.66. The van der Waals surface area contributed by atoms with E-state index < -0.39 is 16.2 Å². The van der Waals surface area contributed by atoms with Crippen LogP contribution in [-0.4, -0.2) is 33.9 Å². The molecule has 0 spiro atoms. The molecule has 1 aromatic carbocycles. The molecular weight excluding hydrogens is 238 g/mol. The minimum atomic E-state index is -3.44. The highest BCUT2D eigenvalue weighted by molar-refractivity contribution is 7.86. The minimum absolute atomic E-state index is 0.0371. The van der Waals surface area contributed by atoms with E-state index in [4.69, 9.17) is 4.18 Å². The molecule has 0 heterocycles. The second-order valence-electron chi connectivity index (χ2n) is 4.11. The van der Waals surface area contributed by atoms with Crippen LogP contribution in [0.1, 0.15) is 12.5 Å². The summed E-state index contributed by atoms with van der Waals surface area (Å²) >= 11 is 0. The molecule has 0 saturated heterocycles. The Morgan fingerprint density at radius 1 is 1.29 bits per heavy atom. The third-order valence-electron chi connectivity index (χ3n) is 2.59. The standard InChI is InChI=1S/C12H19NO3S/c1-10(13-2)12(16-17(3,14)15)9-11-7-5-4-6-8-11/h4-8,10,12-13H,9H2,1-3H3. The highest BCUT2D eigenvalue weighted by Crippen LogP contribution is 2.11. The Balaban J connectivity index is 2.78. The van der Waals surface area contributed by atoms with Crippen molar-refractivity contribution < 1.29 is 12.6 Å². The molecule has 0 radical (unpaired) electrons. The quantitative estimate of drug-likeness (QED) is 0.778. The zero-order valence-corrected chi connectivity index (χ0v) is 11.2. The maximum atomic E-state index is 11.2. The van der Waals surface area contributed by atoms with Crippen LogP contribution < -0.4 is 5.32 Å². The normalized spacial score (nSPS) is 15.5. The maximum Gasteiger partial charge on any atom is 0.264 e. The SMILES string of the molecule is CNC(C)C(Cc1ccccc1)OS(C)(=O)=O. The zero-order chi connectivity index (χ0) is 12.9. The fourth-order valence-electron chi connectivity index (χ4n) is 1.55. The number of hydrogen-bond donors (Lipinski definition) is 1. The van der Waals surface area contributed by atoms with E-state index in [2.05, 4.69) is 5.32 Å². The van der Waals surface area contributed by atoms with E-state index in [9.17, 15) is 8.42 Å². The lowest BCUT2D eigenvalue weighted by Gasteiger charge is -2.22. The minimum Gasteiger partial charge on any atom is -0.315 e. The first-order valence-electron chi connectivity index (χ1n) is 5.52. The van der Waals surface area contributed by atoms with E-state index in [0.29, 0.717) is 6.42 Å². The van der Waals surface area contributed by atoms with Gasteiger partial charge in [-0.3, -0.25) is 4.18 Å². The summed E-state index contributed by atoms with van der Waals surface area (Å²) in [4.78, 5) is 0. The Morgan fingerprint density at radius 2 is 1.88 bits per heavy atom. The zero-order valence-electron chi connectivity index (χ0n) is 10.4. The number of nitrogens with one attached hydrogen (secondary N) is 1. The van der Waals surface area contributed by atoms with E-state index in [1.54, 1.807) is 7.05 Å². The van der Waals surface area contributed by atoms with Gasteiger partial charge in [-0.1, -0.05) is 30.3 Å². The van der Waals surface area contributed by atoms with Crippen molar-refractivity contribution in [3.8, 4) is 0 Å². The first-order chi connectivity index (χ1) is 7.92. The number of likely N-dealkylation sites (N-methyl/N-ethyl adjacent to an activating group) is 1. The van der Waals surface area contributed by atoms with E-state index in [1.807, 2.05) is 37.3 Å². The van der Waals surface area contributed by atoms with Crippen LogP contribution in [0.4, 0.5) is 0 Å². The summed E-state index contributed by atoms with van der Waals surface area (Å²) in [5, 5.41) is 3.02. The molecule has 0 saturated carbocycles. The molecule has 2 unspecified atom stereocenters. The first kappa shape index (κ1) is 14.2. The maximum absolute atomic E-state index is 11.2. The van der Waals surface area contributed by atoms with Crippen molar-refractivity contribution in [2.45, 2.75) is 25.5 Å². The molecule has 0 fully saturated rings. The number of benzene rings is 1. The molecule has 0 bridgehead atoms. The second-order valence-corrected chi connectivity index (χ2v) is 5.71. The summed E-state index contributed by atoms with van der Waals surface area (Å²) < 4.78 is 27.5. The van der Waals surface area contributed by atoms with Gasteiger partial charge in [0.25, 0.3) is 10.1 Å². The predicted octanol–water partition coefficient (Wildman–Crippen LogP) is 1.18. The van der Waals surface area contributed by atoms with Gasteiger partial charge in [0.05, 0.1) is 12.4 Å². The van der Waals surface area contributed by atoms with Gasteiger partial charge in [-0.15, -0.1) is 0 Å². The number of rotatable bonds is 6. The average Bonchev–Trinajstić information content (AvgIpc) is 2.27. The van der Waals surface area contributed by atoms with Crippen LogP contribution in [0.3, 0.4) is 0 Å². The molecule has 2 atom stereocenters. The Morgan fingerprint density at radius 3 is 2.35 bits per heavy atom. The monoisotopic (exact) mass is 257 g/mol. The molecular formula is C12H19NO3S. The van der Waals surface area contributed by atoms with E-state index in [1.165, 1.54) is 0 Å². The van der Waals surface area contributed by atoms with Crippen molar-refractivity contribution in [3.05, 3.63) is 35.9 Å². The van der Waals surface area contributed by atoms with Gasteiger partial charge in [0.2, 0.25) is 0 Å². The molecule has 4 nitrogen and oxygen atoms in total. The van der Waals surface area contributed by atoms with Crippen LogP contribution >= 0.6 is 0 Å². The van der Waals surface area contributed by atoms with Crippen molar-refractivity contribution in [2.75, 3.05) is 13.3 Å². The van der Waals surface area contributed by atoms with Gasteiger partial charge in [-0.05, 0) is 19.5 Å². The topological polar surface area (TPSA) is 55.4 Å². The van der Waals surface area contributed by atoms with E-state index in [0.717, 1.165) is 11.8 Å².